The van der Waals surface area contributed by atoms with Crippen molar-refractivity contribution in [3.63, 3.8) is 0 Å². The zero-order chi connectivity index (χ0) is 15.2. The van der Waals surface area contributed by atoms with Gasteiger partial charge in [0.2, 0.25) is 0 Å². The van der Waals surface area contributed by atoms with Crippen molar-refractivity contribution in [1.82, 2.24) is 5.32 Å². The van der Waals surface area contributed by atoms with Crippen molar-refractivity contribution in [2.75, 3.05) is 7.11 Å². The number of benzene rings is 2. The molecule has 2 rings (SSSR count). The summed E-state index contributed by atoms with van der Waals surface area (Å²) in [6, 6.07) is 13.1. The fraction of sp³-hybridized carbons (Fsp3) is 0.188. The average Bonchev–Trinajstić information content (AvgIpc) is 2.48. The first-order chi connectivity index (χ1) is 10.1. The second-order valence-corrected chi connectivity index (χ2v) is 4.52. The molecule has 1 amide bonds. The average molecular weight is 287 g/mol. The van der Waals surface area contributed by atoms with E-state index < -0.39 is 6.09 Å². The van der Waals surface area contributed by atoms with Gasteiger partial charge in [-0.2, -0.15) is 0 Å². The fourth-order valence-corrected chi connectivity index (χ4v) is 1.80. The molecule has 0 aliphatic carbocycles. The first-order valence-corrected chi connectivity index (χ1v) is 6.50. The Morgan fingerprint density at radius 1 is 1.05 bits per heavy atom. The standard InChI is InChI=1S/C16H17NO4/c1-11(12-3-5-13(18)6-4-12)17-16(19)21-15-9-7-14(20-2)8-10-15/h3-11,18H,1-2H3,(H,17,19)/t11-/m1/s1. The molecule has 0 spiro atoms. The minimum absolute atomic E-state index is 0.187. The normalized spacial score (nSPS) is 11.5. The molecule has 2 aromatic carbocycles. The van der Waals surface area contributed by atoms with Gasteiger partial charge in [0.25, 0.3) is 0 Å². The third-order valence-corrected chi connectivity index (χ3v) is 3.00. The lowest BCUT2D eigenvalue weighted by Crippen LogP contribution is -2.29. The van der Waals surface area contributed by atoms with Crippen LogP contribution in [0, 0.1) is 0 Å². The van der Waals surface area contributed by atoms with Gasteiger partial charge in [0.15, 0.2) is 0 Å². The van der Waals surface area contributed by atoms with Gasteiger partial charge in [0.1, 0.15) is 17.2 Å². The minimum Gasteiger partial charge on any atom is -0.508 e. The van der Waals surface area contributed by atoms with E-state index in [1.165, 1.54) is 0 Å². The first-order valence-electron chi connectivity index (χ1n) is 6.50. The van der Waals surface area contributed by atoms with Crippen LogP contribution < -0.4 is 14.8 Å². The summed E-state index contributed by atoms with van der Waals surface area (Å²) in [5.41, 5.74) is 0.875. The Morgan fingerprint density at radius 2 is 1.62 bits per heavy atom. The van der Waals surface area contributed by atoms with Crippen molar-refractivity contribution >= 4 is 6.09 Å². The number of hydrogen-bond acceptors (Lipinski definition) is 4. The van der Waals surface area contributed by atoms with Gasteiger partial charge < -0.3 is 19.9 Å². The number of ether oxygens (including phenoxy) is 2. The lowest BCUT2D eigenvalue weighted by atomic mass is 10.1. The predicted octanol–water partition coefficient (Wildman–Crippen LogP) is 3.25. The highest BCUT2D eigenvalue weighted by molar-refractivity contribution is 5.71. The van der Waals surface area contributed by atoms with Crippen molar-refractivity contribution in [2.45, 2.75) is 13.0 Å². The molecule has 0 unspecified atom stereocenters. The molecule has 0 radical (unpaired) electrons. The summed E-state index contributed by atoms with van der Waals surface area (Å²) >= 11 is 0. The van der Waals surface area contributed by atoms with Crippen LogP contribution >= 0.6 is 0 Å². The SMILES string of the molecule is COc1ccc(OC(=O)N[C@H](C)c2ccc(O)cc2)cc1. The quantitative estimate of drug-likeness (QED) is 0.905. The summed E-state index contributed by atoms with van der Waals surface area (Å²) in [6.07, 6.45) is -0.541. The molecule has 0 bridgehead atoms. The topological polar surface area (TPSA) is 67.8 Å². The maximum absolute atomic E-state index is 11.8. The Hall–Kier alpha value is -2.69. The van der Waals surface area contributed by atoms with Crippen molar-refractivity contribution in [3.8, 4) is 17.2 Å². The molecule has 2 N–H and O–H groups in total. The number of amides is 1. The fourth-order valence-electron chi connectivity index (χ4n) is 1.80. The van der Waals surface area contributed by atoms with Crippen molar-refractivity contribution in [1.29, 1.82) is 0 Å². The molecule has 0 saturated heterocycles. The number of phenolic OH excluding ortho intramolecular Hbond substituents is 1. The maximum Gasteiger partial charge on any atom is 0.413 e. The Labute approximate surface area is 123 Å². The molecule has 5 nitrogen and oxygen atoms in total. The Morgan fingerprint density at radius 3 is 2.19 bits per heavy atom. The number of methoxy groups -OCH3 is 1. The first kappa shape index (κ1) is 14.7. The molecule has 0 aliphatic heterocycles. The summed E-state index contributed by atoms with van der Waals surface area (Å²) in [5.74, 6) is 1.32. The summed E-state index contributed by atoms with van der Waals surface area (Å²) in [7, 11) is 1.57. The molecule has 21 heavy (non-hydrogen) atoms. The van der Waals surface area contributed by atoms with Crippen LogP contribution in [0.5, 0.6) is 17.2 Å². The van der Waals surface area contributed by atoms with E-state index in [1.807, 2.05) is 6.92 Å². The van der Waals surface area contributed by atoms with Crippen LogP contribution in [0.15, 0.2) is 48.5 Å². The molecule has 0 heterocycles. The molecule has 0 aromatic heterocycles. The van der Waals surface area contributed by atoms with Crippen LogP contribution in [0.4, 0.5) is 4.79 Å². The van der Waals surface area contributed by atoms with Gasteiger partial charge in [0.05, 0.1) is 13.2 Å². The summed E-state index contributed by atoms with van der Waals surface area (Å²) in [5, 5.41) is 12.0. The zero-order valence-electron chi connectivity index (χ0n) is 11.9. The highest BCUT2D eigenvalue weighted by Gasteiger charge is 2.11. The van der Waals surface area contributed by atoms with E-state index in [1.54, 1.807) is 55.6 Å². The van der Waals surface area contributed by atoms with Crippen LogP contribution in [-0.4, -0.2) is 18.3 Å². The molecule has 5 heteroatoms. The summed E-state index contributed by atoms with van der Waals surface area (Å²) in [6.45, 7) is 1.83. The van der Waals surface area contributed by atoms with Gasteiger partial charge in [-0.1, -0.05) is 12.1 Å². The van der Waals surface area contributed by atoms with E-state index in [4.69, 9.17) is 9.47 Å². The number of hydrogen-bond donors (Lipinski definition) is 2. The third kappa shape index (κ3) is 4.14. The maximum atomic E-state index is 11.8. The van der Waals surface area contributed by atoms with Crippen molar-refractivity contribution in [2.24, 2.45) is 0 Å². The number of carbonyl (C=O) groups excluding carboxylic acids is 1. The molecular formula is C16H17NO4. The van der Waals surface area contributed by atoms with Gasteiger partial charge in [-0.25, -0.2) is 4.79 Å². The minimum atomic E-state index is -0.541. The second kappa shape index (κ2) is 6.65. The molecule has 0 saturated carbocycles. The van der Waals surface area contributed by atoms with E-state index in [-0.39, 0.29) is 11.8 Å². The van der Waals surface area contributed by atoms with Crippen LogP contribution in [0.3, 0.4) is 0 Å². The smallest absolute Gasteiger partial charge is 0.413 e. The summed E-state index contributed by atoms with van der Waals surface area (Å²) in [4.78, 5) is 11.8. The molecule has 110 valence electrons. The summed E-state index contributed by atoms with van der Waals surface area (Å²) < 4.78 is 10.2. The van der Waals surface area contributed by atoms with E-state index in [9.17, 15) is 9.90 Å². The molecule has 2 aromatic rings. The number of carbonyl (C=O) groups is 1. The van der Waals surface area contributed by atoms with Crippen LogP contribution in [0.25, 0.3) is 0 Å². The molecule has 0 fully saturated rings. The lowest BCUT2D eigenvalue weighted by Gasteiger charge is -2.14. The highest BCUT2D eigenvalue weighted by Crippen LogP contribution is 2.19. The number of nitrogens with one attached hydrogen (secondary N) is 1. The van der Waals surface area contributed by atoms with Crippen LogP contribution in [0.2, 0.25) is 0 Å². The van der Waals surface area contributed by atoms with Gasteiger partial charge >= 0.3 is 6.09 Å². The van der Waals surface area contributed by atoms with E-state index in [0.29, 0.717) is 11.5 Å². The highest BCUT2D eigenvalue weighted by atomic mass is 16.6. The third-order valence-electron chi connectivity index (χ3n) is 3.00. The van der Waals surface area contributed by atoms with Crippen molar-refractivity contribution < 1.29 is 19.4 Å². The van der Waals surface area contributed by atoms with Crippen molar-refractivity contribution in [3.05, 3.63) is 54.1 Å². The Bertz CT molecular complexity index is 593. The monoisotopic (exact) mass is 287 g/mol. The van der Waals surface area contributed by atoms with Crippen LogP contribution in [-0.2, 0) is 0 Å². The second-order valence-electron chi connectivity index (χ2n) is 4.52. The Balaban J connectivity index is 1.92. The van der Waals surface area contributed by atoms with E-state index in [0.717, 1.165) is 5.56 Å². The van der Waals surface area contributed by atoms with Gasteiger partial charge in [-0.3, -0.25) is 0 Å². The molecule has 0 aliphatic rings. The van der Waals surface area contributed by atoms with E-state index in [2.05, 4.69) is 5.32 Å². The Kier molecular flexibility index (Phi) is 4.66. The van der Waals surface area contributed by atoms with Gasteiger partial charge in [0, 0.05) is 0 Å². The van der Waals surface area contributed by atoms with E-state index >= 15 is 0 Å². The van der Waals surface area contributed by atoms with Gasteiger partial charge in [-0.05, 0) is 48.9 Å². The predicted molar refractivity (Wildman–Crippen MR) is 78.7 cm³/mol. The lowest BCUT2D eigenvalue weighted by molar-refractivity contribution is 0.197. The molecule has 1 atom stereocenters. The van der Waals surface area contributed by atoms with Crippen LogP contribution in [0.1, 0.15) is 18.5 Å². The number of rotatable bonds is 4. The molecular weight excluding hydrogens is 270 g/mol. The number of aromatic hydroxyl groups is 1. The number of phenols is 1. The zero-order valence-corrected chi connectivity index (χ0v) is 11.9. The largest absolute Gasteiger partial charge is 0.508 e. The van der Waals surface area contributed by atoms with Gasteiger partial charge in [-0.15, -0.1) is 0 Å².